The third-order valence-electron chi connectivity index (χ3n) is 6.59. The zero-order valence-corrected chi connectivity index (χ0v) is 21.1. The second-order valence-electron chi connectivity index (χ2n) is 9.16. The van der Waals surface area contributed by atoms with Gasteiger partial charge in [0.2, 0.25) is 0 Å². The quantitative estimate of drug-likeness (QED) is 0.230. The van der Waals surface area contributed by atoms with Gasteiger partial charge in [0.05, 0.1) is 23.6 Å². The normalized spacial score (nSPS) is 16.9. The summed E-state index contributed by atoms with van der Waals surface area (Å²) in [6.07, 6.45) is -7.81. The van der Waals surface area contributed by atoms with Crippen LogP contribution in [0.15, 0.2) is 48.7 Å². The van der Waals surface area contributed by atoms with E-state index in [2.05, 4.69) is 11.8 Å². The molecule has 0 N–H and O–H groups in total. The van der Waals surface area contributed by atoms with Crippen LogP contribution in [-0.4, -0.2) is 58.4 Å². The maximum Gasteiger partial charge on any atom is 0.416 e. The number of hydrogen-bond acceptors (Lipinski definition) is 2. The Labute approximate surface area is 220 Å². The summed E-state index contributed by atoms with van der Waals surface area (Å²) >= 11 is 5.63. The molecule has 1 atom stereocenters. The number of para-hydroxylation sites is 1. The van der Waals surface area contributed by atoms with Crippen molar-refractivity contribution in [2.24, 2.45) is 7.05 Å². The lowest BCUT2D eigenvalue weighted by molar-refractivity contribution is -0.143. The van der Waals surface area contributed by atoms with E-state index in [1.165, 1.54) is 4.90 Å². The van der Waals surface area contributed by atoms with Gasteiger partial charge in [-0.2, -0.15) is 26.3 Å². The monoisotopic (exact) mass is 555 g/mol. The lowest BCUT2D eigenvalue weighted by Gasteiger charge is -2.41. The van der Waals surface area contributed by atoms with Crippen LogP contribution in [0.4, 0.5) is 26.3 Å². The SMILES string of the molecule is Cn1cc(C[C@@H]2CN(CC#CCCl)CCN2C(=O)c2cc(C(F)(F)F)cc(C(F)(F)F)c2)c2ccccc21. The third kappa shape index (κ3) is 6.11. The second kappa shape index (κ2) is 10.9. The Hall–Kier alpha value is -3.16. The summed E-state index contributed by atoms with van der Waals surface area (Å²) in [6.45, 7) is 1.20. The predicted molar refractivity (Wildman–Crippen MR) is 133 cm³/mol. The lowest BCUT2D eigenvalue weighted by Crippen LogP contribution is -2.56. The van der Waals surface area contributed by atoms with E-state index >= 15 is 0 Å². The number of carbonyl (C=O) groups is 1. The van der Waals surface area contributed by atoms with Gasteiger partial charge in [0, 0.05) is 55.4 Å². The number of piperazine rings is 1. The van der Waals surface area contributed by atoms with E-state index in [1.807, 2.05) is 47.0 Å². The van der Waals surface area contributed by atoms with Crippen molar-refractivity contribution in [2.75, 3.05) is 32.1 Å². The first kappa shape index (κ1) is 27.9. The Morgan fingerprint density at radius 2 is 1.66 bits per heavy atom. The molecule has 1 saturated heterocycles. The summed E-state index contributed by atoms with van der Waals surface area (Å²) < 4.78 is 82.5. The number of nitrogens with zero attached hydrogens (tertiary/aromatic N) is 3. The highest BCUT2D eigenvalue weighted by Gasteiger charge is 2.39. The third-order valence-corrected chi connectivity index (χ3v) is 6.73. The van der Waals surface area contributed by atoms with Crippen LogP contribution in [0.3, 0.4) is 0 Å². The van der Waals surface area contributed by atoms with E-state index in [1.54, 1.807) is 0 Å². The Balaban J connectivity index is 1.71. The molecule has 4 rings (SSSR count). The smallest absolute Gasteiger partial charge is 0.350 e. The standard InChI is InChI=1S/C27H24ClF6N3O/c1-35-16-19(23-6-2-3-7-24(23)35)14-22-17-36(9-5-4-8-28)10-11-37(22)25(38)18-12-20(26(29,30)31)15-21(13-18)27(32,33)34/h2-3,6-7,12-13,15-16,22H,8-11,14,17H2,1H3/t22-/m1/s1. The minimum atomic E-state index is -5.04. The Morgan fingerprint density at radius 1 is 1.00 bits per heavy atom. The molecule has 2 heterocycles. The van der Waals surface area contributed by atoms with E-state index < -0.39 is 41.0 Å². The average Bonchev–Trinajstić information content (AvgIpc) is 3.18. The van der Waals surface area contributed by atoms with E-state index in [0.717, 1.165) is 16.5 Å². The van der Waals surface area contributed by atoms with Gasteiger partial charge in [-0.15, -0.1) is 11.6 Å². The van der Waals surface area contributed by atoms with Crippen LogP contribution in [0.2, 0.25) is 0 Å². The zero-order chi connectivity index (χ0) is 27.7. The van der Waals surface area contributed by atoms with Crippen LogP contribution in [0.25, 0.3) is 10.9 Å². The van der Waals surface area contributed by atoms with E-state index in [-0.39, 0.29) is 18.5 Å². The zero-order valence-electron chi connectivity index (χ0n) is 20.3. The number of fused-ring (bicyclic) bond motifs is 1. The number of rotatable bonds is 4. The van der Waals surface area contributed by atoms with Gasteiger partial charge in [0.1, 0.15) is 0 Å². The molecule has 0 aliphatic carbocycles. The lowest BCUT2D eigenvalue weighted by atomic mass is 9.98. The summed E-state index contributed by atoms with van der Waals surface area (Å²) in [4.78, 5) is 16.9. The van der Waals surface area contributed by atoms with Crippen LogP contribution < -0.4 is 0 Å². The van der Waals surface area contributed by atoms with Crippen molar-refractivity contribution in [3.63, 3.8) is 0 Å². The minimum absolute atomic E-state index is 0.0256. The highest BCUT2D eigenvalue weighted by molar-refractivity contribution is 6.19. The van der Waals surface area contributed by atoms with E-state index in [4.69, 9.17) is 11.6 Å². The van der Waals surface area contributed by atoms with Crippen molar-refractivity contribution < 1.29 is 31.1 Å². The highest BCUT2D eigenvalue weighted by atomic mass is 35.5. The summed E-state index contributed by atoms with van der Waals surface area (Å²) in [6, 6.07) is 8.15. The molecule has 0 saturated carbocycles. The highest BCUT2D eigenvalue weighted by Crippen LogP contribution is 2.37. The Morgan fingerprint density at radius 3 is 2.29 bits per heavy atom. The number of amides is 1. The molecular formula is C27H24ClF6N3O. The molecule has 2 aromatic carbocycles. The molecule has 0 radical (unpaired) electrons. The summed E-state index contributed by atoms with van der Waals surface area (Å²) in [5, 5.41) is 0.958. The molecule has 0 bridgehead atoms. The molecule has 0 spiro atoms. The minimum Gasteiger partial charge on any atom is -0.350 e. The fraction of sp³-hybridized carbons (Fsp3) is 0.370. The van der Waals surface area contributed by atoms with Crippen LogP contribution in [0.5, 0.6) is 0 Å². The van der Waals surface area contributed by atoms with Crippen molar-refractivity contribution in [2.45, 2.75) is 24.8 Å². The molecule has 202 valence electrons. The first-order valence-electron chi connectivity index (χ1n) is 11.8. The number of carbonyl (C=O) groups excluding carboxylic acids is 1. The largest absolute Gasteiger partial charge is 0.416 e. The Bertz CT molecular complexity index is 1350. The second-order valence-corrected chi connectivity index (χ2v) is 9.42. The predicted octanol–water partition coefficient (Wildman–Crippen LogP) is 5.83. The summed E-state index contributed by atoms with van der Waals surface area (Å²) in [7, 11) is 1.88. The molecule has 3 aromatic rings. The van der Waals surface area contributed by atoms with Gasteiger partial charge in [-0.25, -0.2) is 0 Å². The van der Waals surface area contributed by atoms with Crippen molar-refractivity contribution in [1.82, 2.24) is 14.4 Å². The van der Waals surface area contributed by atoms with Gasteiger partial charge in [-0.3, -0.25) is 9.69 Å². The van der Waals surface area contributed by atoms with Gasteiger partial charge in [-0.1, -0.05) is 30.0 Å². The first-order chi connectivity index (χ1) is 17.9. The number of hydrogen-bond donors (Lipinski definition) is 0. The molecule has 1 fully saturated rings. The number of halogens is 7. The van der Waals surface area contributed by atoms with Crippen molar-refractivity contribution in [1.29, 1.82) is 0 Å². The number of aromatic nitrogens is 1. The van der Waals surface area contributed by atoms with Crippen LogP contribution in [0, 0.1) is 11.8 Å². The molecule has 38 heavy (non-hydrogen) atoms. The fourth-order valence-corrected chi connectivity index (χ4v) is 4.90. The molecule has 0 unspecified atom stereocenters. The summed E-state index contributed by atoms with van der Waals surface area (Å²) in [5.41, 5.74) is -1.80. The fourth-order valence-electron chi connectivity index (χ4n) is 4.81. The molecule has 11 heteroatoms. The van der Waals surface area contributed by atoms with Crippen LogP contribution in [0.1, 0.15) is 27.0 Å². The maximum absolute atomic E-state index is 13.5. The van der Waals surface area contributed by atoms with Gasteiger partial charge in [-0.05, 0) is 36.2 Å². The first-order valence-corrected chi connectivity index (χ1v) is 12.3. The van der Waals surface area contributed by atoms with Crippen LogP contribution in [-0.2, 0) is 25.8 Å². The molecule has 1 aliphatic rings. The van der Waals surface area contributed by atoms with Gasteiger partial charge >= 0.3 is 12.4 Å². The van der Waals surface area contributed by atoms with Gasteiger partial charge in [0.15, 0.2) is 0 Å². The molecule has 1 aromatic heterocycles. The topological polar surface area (TPSA) is 28.5 Å². The van der Waals surface area contributed by atoms with E-state index in [0.29, 0.717) is 38.2 Å². The van der Waals surface area contributed by atoms with Crippen molar-refractivity contribution in [3.05, 3.63) is 70.9 Å². The molecule has 1 amide bonds. The number of aryl methyl sites for hydroxylation is 1. The van der Waals surface area contributed by atoms with Gasteiger partial charge in [0.25, 0.3) is 5.91 Å². The van der Waals surface area contributed by atoms with Crippen molar-refractivity contribution >= 4 is 28.4 Å². The summed E-state index contributed by atoms with van der Waals surface area (Å²) in [5.74, 6) is 4.98. The van der Waals surface area contributed by atoms with Crippen LogP contribution >= 0.6 is 11.6 Å². The van der Waals surface area contributed by atoms with Gasteiger partial charge < -0.3 is 9.47 Å². The molecule has 4 nitrogen and oxygen atoms in total. The number of benzene rings is 2. The Kier molecular flexibility index (Phi) is 8.00. The maximum atomic E-state index is 13.5. The number of alkyl halides is 7. The molecule has 1 aliphatic heterocycles. The molecular weight excluding hydrogens is 532 g/mol. The van der Waals surface area contributed by atoms with Crippen molar-refractivity contribution in [3.8, 4) is 11.8 Å². The average molecular weight is 556 g/mol. The van der Waals surface area contributed by atoms with E-state index in [9.17, 15) is 31.1 Å².